The number of benzene rings is 1. The molecule has 0 saturated carbocycles. The van der Waals surface area contributed by atoms with Crippen molar-refractivity contribution in [2.45, 2.75) is 11.8 Å². The molecule has 16 heavy (non-hydrogen) atoms. The maximum atomic E-state index is 11.4. The second-order valence-electron chi connectivity index (χ2n) is 3.08. The second-order valence-corrected chi connectivity index (χ2v) is 6.10. The first-order valence-corrected chi connectivity index (χ1v) is 7.14. The molecule has 0 unspecified atom stereocenters. The van der Waals surface area contributed by atoms with Crippen LogP contribution in [-0.2, 0) is 24.4 Å². The van der Waals surface area contributed by atoms with E-state index in [4.69, 9.17) is 4.55 Å². The Morgan fingerprint density at radius 3 is 2.06 bits per heavy atom. The highest BCUT2D eigenvalue weighted by molar-refractivity contribution is 7.89. The van der Waals surface area contributed by atoms with Gasteiger partial charge in [0.15, 0.2) is 5.94 Å². The van der Waals surface area contributed by atoms with Crippen molar-refractivity contribution in [1.29, 1.82) is 0 Å². The van der Waals surface area contributed by atoms with Gasteiger partial charge in [-0.25, -0.2) is 4.18 Å². The molecule has 0 heterocycles. The standard InChI is InChI=1S/C8H10O6S2/c1-7-2-4-8(5-3-7)16(12,13)14-6-15(9,10)11/h2-5H,6H2,1H3,(H,9,10,11). The molecular formula is C8H10O6S2. The molecule has 0 spiro atoms. The van der Waals surface area contributed by atoms with E-state index in [1.165, 1.54) is 12.1 Å². The molecule has 0 amide bonds. The highest BCUT2D eigenvalue weighted by Gasteiger charge is 2.18. The van der Waals surface area contributed by atoms with Crippen LogP contribution in [0.2, 0.25) is 0 Å². The maximum Gasteiger partial charge on any atom is 0.298 e. The highest BCUT2D eigenvalue weighted by atomic mass is 32.2. The minimum atomic E-state index is -4.47. The van der Waals surface area contributed by atoms with Gasteiger partial charge in [0.2, 0.25) is 0 Å². The summed E-state index contributed by atoms with van der Waals surface area (Å²) in [4.78, 5) is -0.165. The van der Waals surface area contributed by atoms with Crippen molar-refractivity contribution in [2.24, 2.45) is 0 Å². The Bertz CT molecular complexity index is 555. The van der Waals surface area contributed by atoms with Crippen molar-refractivity contribution in [1.82, 2.24) is 0 Å². The predicted molar refractivity (Wildman–Crippen MR) is 55.9 cm³/mol. The SMILES string of the molecule is Cc1ccc(S(=O)(=O)OCS(=O)(=O)O)cc1. The normalized spacial score (nSPS) is 12.6. The quantitative estimate of drug-likeness (QED) is 0.631. The first kappa shape index (κ1) is 13.1. The van der Waals surface area contributed by atoms with E-state index >= 15 is 0 Å². The number of rotatable bonds is 4. The third kappa shape index (κ3) is 3.89. The minimum absolute atomic E-state index is 0.165. The Balaban J connectivity index is 2.91. The van der Waals surface area contributed by atoms with Crippen LogP contribution in [0, 0.1) is 6.92 Å². The zero-order valence-corrected chi connectivity index (χ0v) is 9.95. The number of aryl methyl sites for hydroxylation is 1. The van der Waals surface area contributed by atoms with Gasteiger partial charge in [0, 0.05) is 0 Å². The lowest BCUT2D eigenvalue weighted by atomic mass is 10.2. The molecule has 0 radical (unpaired) electrons. The Morgan fingerprint density at radius 1 is 1.12 bits per heavy atom. The van der Waals surface area contributed by atoms with Crippen LogP contribution in [0.15, 0.2) is 29.2 Å². The van der Waals surface area contributed by atoms with Crippen LogP contribution in [0.4, 0.5) is 0 Å². The summed E-state index contributed by atoms with van der Waals surface area (Å²) < 4.78 is 56.0. The maximum absolute atomic E-state index is 11.4. The summed E-state index contributed by atoms with van der Waals surface area (Å²) in [5.74, 6) is -1.29. The van der Waals surface area contributed by atoms with E-state index in [0.29, 0.717) is 0 Å². The average Bonchev–Trinajstić information content (AvgIpc) is 2.15. The molecule has 0 saturated heterocycles. The summed E-state index contributed by atoms with van der Waals surface area (Å²) in [6.45, 7) is 1.77. The third-order valence-corrected chi connectivity index (χ3v) is 3.50. The third-order valence-electron chi connectivity index (χ3n) is 1.66. The lowest BCUT2D eigenvalue weighted by Gasteiger charge is -2.03. The Labute approximate surface area is 93.7 Å². The molecule has 1 rings (SSSR count). The molecule has 1 aromatic carbocycles. The molecule has 0 aliphatic heterocycles. The topological polar surface area (TPSA) is 97.7 Å². The monoisotopic (exact) mass is 266 g/mol. The van der Waals surface area contributed by atoms with Gasteiger partial charge in [0.05, 0.1) is 4.90 Å². The van der Waals surface area contributed by atoms with Crippen molar-refractivity contribution in [3.63, 3.8) is 0 Å². The highest BCUT2D eigenvalue weighted by Crippen LogP contribution is 2.13. The molecule has 0 aliphatic rings. The van der Waals surface area contributed by atoms with Crippen LogP contribution in [0.25, 0.3) is 0 Å². The van der Waals surface area contributed by atoms with Gasteiger partial charge in [-0.3, -0.25) is 4.55 Å². The van der Waals surface area contributed by atoms with Gasteiger partial charge in [0.25, 0.3) is 20.2 Å². The molecule has 8 heteroatoms. The van der Waals surface area contributed by atoms with Gasteiger partial charge in [-0.1, -0.05) is 17.7 Å². The lowest BCUT2D eigenvalue weighted by Crippen LogP contribution is -2.14. The molecular weight excluding hydrogens is 256 g/mol. The van der Waals surface area contributed by atoms with Crippen LogP contribution in [0.5, 0.6) is 0 Å². The van der Waals surface area contributed by atoms with Gasteiger partial charge in [-0.05, 0) is 19.1 Å². The van der Waals surface area contributed by atoms with Gasteiger partial charge in [-0.2, -0.15) is 16.8 Å². The zero-order chi connectivity index (χ0) is 12.4. The largest absolute Gasteiger partial charge is 0.298 e. The van der Waals surface area contributed by atoms with Crippen molar-refractivity contribution in [2.75, 3.05) is 5.94 Å². The Hall–Kier alpha value is -0.960. The van der Waals surface area contributed by atoms with E-state index in [1.807, 2.05) is 0 Å². The van der Waals surface area contributed by atoms with Gasteiger partial charge in [0.1, 0.15) is 0 Å². The van der Waals surface area contributed by atoms with Crippen molar-refractivity contribution in [3.05, 3.63) is 29.8 Å². The minimum Gasteiger partial charge on any atom is -0.284 e. The molecule has 1 aromatic rings. The fourth-order valence-electron chi connectivity index (χ4n) is 0.897. The van der Waals surface area contributed by atoms with E-state index in [0.717, 1.165) is 5.56 Å². The van der Waals surface area contributed by atoms with Gasteiger partial charge < -0.3 is 0 Å². The van der Waals surface area contributed by atoms with Crippen molar-refractivity contribution >= 4 is 20.2 Å². The number of hydrogen-bond acceptors (Lipinski definition) is 5. The molecule has 1 N–H and O–H groups in total. The van der Waals surface area contributed by atoms with Gasteiger partial charge >= 0.3 is 0 Å². The first-order chi connectivity index (χ1) is 7.21. The molecule has 0 aromatic heterocycles. The van der Waals surface area contributed by atoms with Crippen LogP contribution in [0.1, 0.15) is 5.56 Å². The van der Waals surface area contributed by atoms with Gasteiger partial charge in [-0.15, -0.1) is 0 Å². The zero-order valence-electron chi connectivity index (χ0n) is 8.32. The van der Waals surface area contributed by atoms with E-state index < -0.39 is 26.2 Å². The molecule has 90 valence electrons. The molecule has 0 aliphatic carbocycles. The molecule has 0 fully saturated rings. The van der Waals surface area contributed by atoms with Crippen molar-refractivity contribution < 1.29 is 25.6 Å². The summed E-state index contributed by atoms with van der Waals surface area (Å²) in [5.41, 5.74) is 0.855. The second kappa shape index (κ2) is 4.50. The Morgan fingerprint density at radius 2 is 1.62 bits per heavy atom. The van der Waals surface area contributed by atoms with Crippen LogP contribution in [-0.4, -0.2) is 27.3 Å². The summed E-state index contributed by atoms with van der Waals surface area (Å²) in [6, 6.07) is 5.66. The molecule has 0 atom stereocenters. The summed E-state index contributed by atoms with van der Waals surface area (Å²) in [5, 5.41) is 0. The van der Waals surface area contributed by atoms with Crippen molar-refractivity contribution in [3.8, 4) is 0 Å². The van der Waals surface area contributed by atoms with E-state index in [9.17, 15) is 16.8 Å². The lowest BCUT2D eigenvalue weighted by molar-refractivity contribution is 0.348. The fraction of sp³-hybridized carbons (Fsp3) is 0.250. The average molecular weight is 266 g/mol. The predicted octanol–water partition coefficient (Wildman–Crippen LogP) is 0.546. The van der Waals surface area contributed by atoms with Crippen LogP contribution < -0.4 is 0 Å². The summed E-state index contributed by atoms with van der Waals surface area (Å²) in [7, 11) is -8.62. The molecule has 6 nitrogen and oxygen atoms in total. The molecule has 0 bridgehead atoms. The van der Waals surface area contributed by atoms with E-state index in [-0.39, 0.29) is 4.90 Å². The van der Waals surface area contributed by atoms with Crippen LogP contribution in [0.3, 0.4) is 0 Å². The van der Waals surface area contributed by atoms with Crippen LogP contribution >= 0.6 is 0 Å². The fourth-order valence-corrected chi connectivity index (χ4v) is 2.50. The van der Waals surface area contributed by atoms with E-state index in [1.54, 1.807) is 19.1 Å². The Kier molecular flexibility index (Phi) is 3.68. The smallest absolute Gasteiger partial charge is 0.284 e. The number of hydrogen-bond donors (Lipinski definition) is 1. The summed E-state index contributed by atoms with van der Waals surface area (Å²) in [6.07, 6.45) is 0. The van der Waals surface area contributed by atoms with E-state index in [2.05, 4.69) is 4.18 Å². The first-order valence-electron chi connectivity index (χ1n) is 4.12. The summed E-state index contributed by atoms with van der Waals surface area (Å²) >= 11 is 0.